The summed E-state index contributed by atoms with van der Waals surface area (Å²) >= 11 is 0. The van der Waals surface area contributed by atoms with Crippen LogP contribution in [0.25, 0.3) is 0 Å². The van der Waals surface area contributed by atoms with Crippen LogP contribution in [0.3, 0.4) is 0 Å². The third kappa shape index (κ3) is 2.19. The van der Waals surface area contributed by atoms with Gasteiger partial charge in [-0.25, -0.2) is 0 Å². The van der Waals surface area contributed by atoms with Crippen LogP contribution in [-0.4, -0.2) is 42.7 Å². The number of benzene rings is 1. The van der Waals surface area contributed by atoms with Crippen molar-refractivity contribution in [3.63, 3.8) is 0 Å². The number of amides is 1. The molecule has 0 unspecified atom stereocenters. The van der Waals surface area contributed by atoms with Crippen LogP contribution < -0.4 is 10.5 Å². The zero-order valence-electron chi connectivity index (χ0n) is 9.72. The van der Waals surface area contributed by atoms with E-state index in [1.807, 2.05) is 0 Å². The predicted molar refractivity (Wildman–Crippen MR) is 63.9 cm³/mol. The van der Waals surface area contributed by atoms with Gasteiger partial charge in [-0.05, 0) is 18.2 Å². The normalized spacial score (nSPS) is 15.5. The molecule has 1 heterocycles. The van der Waals surface area contributed by atoms with Crippen LogP contribution in [0.5, 0.6) is 5.75 Å². The lowest BCUT2D eigenvalue weighted by molar-refractivity contribution is 0.0362. The lowest BCUT2D eigenvalue weighted by atomic mass is 10.00. The Bertz CT molecular complexity index is 428. The van der Waals surface area contributed by atoms with Crippen LogP contribution in [0, 0.1) is 5.92 Å². The Morgan fingerprint density at radius 3 is 2.82 bits per heavy atom. The Morgan fingerprint density at radius 2 is 2.29 bits per heavy atom. The molecule has 1 aliphatic heterocycles. The number of nitrogens with two attached hydrogens (primary N) is 1. The molecule has 0 spiro atoms. The fraction of sp³-hybridized carbons (Fsp3) is 0.417. The summed E-state index contributed by atoms with van der Waals surface area (Å²) in [6, 6.07) is 5.00. The predicted octanol–water partition coefficient (Wildman–Crippen LogP) is 0.342. The van der Waals surface area contributed by atoms with Crippen LogP contribution in [0.1, 0.15) is 10.4 Å². The van der Waals surface area contributed by atoms with Gasteiger partial charge in [0.15, 0.2) is 0 Å². The van der Waals surface area contributed by atoms with E-state index in [2.05, 4.69) is 0 Å². The molecule has 0 aromatic heterocycles. The van der Waals surface area contributed by atoms with Crippen molar-refractivity contribution < 1.29 is 14.6 Å². The van der Waals surface area contributed by atoms with Gasteiger partial charge in [0, 0.05) is 31.2 Å². The zero-order valence-corrected chi connectivity index (χ0v) is 9.72. The van der Waals surface area contributed by atoms with Crippen LogP contribution in [0.2, 0.25) is 0 Å². The first kappa shape index (κ1) is 11.7. The first-order chi connectivity index (χ1) is 8.15. The van der Waals surface area contributed by atoms with Gasteiger partial charge in [-0.15, -0.1) is 0 Å². The summed E-state index contributed by atoms with van der Waals surface area (Å²) in [7, 11) is 1.54. The molecule has 0 aliphatic carbocycles. The monoisotopic (exact) mass is 236 g/mol. The average molecular weight is 236 g/mol. The number of anilines is 1. The lowest BCUT2D eigenvalue weighted by Gasteiger charge is -2.38. The molecule has 17 heavy (non-hydrogen) atoms. The molecule has 0 saturated carbocycles. The molecule has 1 saturated heterocycles. The molecular weight excluding hydrogens is 220 g/mol. The summed E-state index contributed by atoms with van der Waals surface area (Å²) in [5.41, 5.74) is 6.76. The van der Waals surface area contributed by atoms with E-state index in [1.54, 1.807) is 23.1 Å². The van der Waals surface area contributed by atoms with E-state index in [-0.39, 0.29) is 18.4 Å². The quantitative estimate of drug-likeness (QED) is 0.742. The second kappa shape index (κ2) is 4.63. The molecule has 1 aliphatic rings. The third-order valence-corrected chi connectivity index (χ3v) is 2.98. The molecule has 1 aromatic rings. The Balaban J connectivity index is 2.08. The first-order valence-corrected chi connectivity index (χ1v) is 5.49. The lowest BCUT2D eigenvalue weighted by Crippen LogP contribution is -2.51. The van der Waals surface area contributed by atoms with Crippen molar-refractivity contribution in [2.24, 2.45) is 5.92 Å². The second-order valence-corrected chi connectivity index (χ2v) is 4.22. The Morgan fingerprint density at radius 1 is 1.59 bits per heavy atom. The van der Waals surface area contributed by atoms with Gasteiger partial charge >= 0.3 is 0 Å². The maximum Gasteiger partial charge on any atom is 0.253 e. The summed E-state index contributed by atoms with van der Waals surface area (Å²) in [5, 5.41) is 8.89. The molecule has 0 radical (unpaired) electrons. The summed E-state index contributed by atoms with van der Waals surface area (Å²) in [4.78, 5) is 13.7. The molecule has 1 fully saturated rings. The highest BCUT2D eigenvalue weighted by atomic mass is 16.5. The Labute approximate surface area is 99.8 Å². The standard InChI is InChI=1S/C12H16N2O3/c1-17-11-3-2-9(4-10(11)13)12(16)14-5-8(6-14)7-15/h2-4,8,15H,5-7,13H2,1H3. The number of carbonyl (C=O) groups excluding carboxylic acids is 1. The minimum absolute atomic E-state index is 0.0518. The summed E-state index contributed by atoms with van der Waals surface area (Å²) < 4.78 is 5.03. The fourth-order valence-corrected chi connectivity index (χ4v) is 1.90. The number of hydrogen-bond donors (Lipinski definition) is 2. The molecule has 1 aromatic carbocycles. The number of carbonyl (C=O) groups is 1. The van der Waals surface area contributed by atoms with Crippen molar-refractivity contribution in [1.29, 1.82) is 0 Å². The zero-order chi connectivity index (χ0) is 12.4. The van der Waals surface area contributed by atoms with Gasteiger partial charge in [0.2, 0.25) is 0 Å². The van der Waals surface area contributed by atoms with Crippen LogP contribution in [0.15, 0.2) is 18.2 Å². The largest absolute Gasteiger partial charge is 0.495 e. The SMILES string of the molecule is COc1ccc(C(=O)N2CC(CO)C2)cc1N. The van der Waals surface area contributed by atoms with Crippen molar-refractivity contribution in [1.82, 2.24) is 4.90 Å². The molecule has 5 heteroatoms. The number of likely N-dealkylation sites (tertiary alicyclic amines) is 1. The number of methoxy groups -OCH3 is 1. The number of nitrogen functional groups attached to an aromatic ring is 1. The van der Waals surface area contributed by atoms with Gasteiger partial charge < -0.3 is 20.5 Å². The molecule has 1 amide bonds. The molecule has 2 rings (SSSR count). The highest BCUT2D eigenvalue weighted by Gasteiger charge is 2.30. The summed E-state index contributed by atoms with van der Waals surface area (Å²) in [6.07, 6.45) is 0. The van der Waals surface area contributed by atoms with E-state index in [1.165, 1.54) is 7.11 Å². The van der Waals surface area contributed by atoms with Crippen LogP contribution >= 0.6 is 0 Å². The maximum atomic E-state index is 12.0. The molecule has 3 N–H and O–H groups in total. The minimum Gasteiger partial charge on any atom is -0.495 e. The topological polar surface area (TPSA) is 75.8 Å². The summed E-state index contributed by atoms with van der Waals surface area (Å²) in [6.45, 7) is 1.36. The fourth-order valence-electron chi connectivity index (χ4n) is 1.90. The number of aliphatic hydroxyl groups excluding tert-OH is 1. The Kier molecular flexibility index (Phi) is 3.19. The van der Waals surface area contributed by atoms with Gasteiger partial charge in [-0.3, -0.25) is 4.79 Å². The molecule has 0 atom stereocenters. The van der Waals surface area contributed by atoms with Crippen molar-refractivity contribution in [2.45, 2.75) is 0 Å². The van der Waals surface area contributed by atoms with Gasteiger partial charge in [0.25, 0.3) is 5.91 Å². The van der Waals surface area contributed by atoms with Crippen LogP contribution in [0.4, 0.5) is 5.69 Å². The number of nitrogens with zero attached hydrogens (tertiary/aromatic N) is 1. The molecule has 0 bridgehead atoms. The van der Waals surface area contributed by atoms with Gasteiger partial charge in [-0.1, -0.05) is 0 Å². The van der Waals surface area contributed by atoms with E-state index >= 15 is 0 Å². The summed E-state index contributed by atoms with van der Waals surface area (Å²) in [5.74, 6) is 0.733. The highest BCUT2D eigenvalue weighted by Crippen LogP contribution is 2.24. The van der Waals surface area contributed by atoms with E-state index in [0.29, 0.717) is 30.1 Å². The van der Waals surface area contributed by atoms with Crippen molar-refractivity contribution in [3.05, 3.63) is 23.8 Å². The first-order valence-electron chi connectivity index (χ1n) is 5.49. The van der Waals surface area contributed by atoms with Crippen molar-refractivity contribution in [2.75, 3.05) is 32.5 Å². The average Bonchev–Trinajstić information content (AvgIpc) is 2.27. The number of aliphatic hydroxyl groups is 1. The molecule has 92 valence electrons. The Hall–Kier alpha value is -1.75. The molecule has 5 nitrogen and oxygen atoms in total. The van der Waals surface area contributed by atoms with E-state index in [4.69, 9.17) is 15.6 Å². The number of rotatable bonds is 3. The molecular formula is C12H16N2O3. The number of ether oxygens (including phenoxy) is 1. The minimum atomic E-state index is -0.0518. The van der Waals surface area contributed by atoms with Crippen LogP contribution in [-0.2, 0) is 0 Å². The van der Waals surface area contributed by atoms with E-state index in [9.17, 15) is 4.79 Å². The third-order valence-electron chi connectivity index (χ3n) is 2.98. The van der Waals surface area contributed by atoms with Gasteiger partial charge in [0.05, 0.1) is 12.8 Å². The van der Waals surface area contributed by atoms with Gasteiger partial charge in [0.1, 0.15) is 5.75 Å². The van der Waals surface area contributed by atoms with Crippen molar-refractivity contribution >= 4 is 11.6 Å². The highest BCUT2D eigenvalue weighted by molar-refractivity contribution is 5.96. The van der Waals surface area contributed by atoms with E-state index in [0.717, 1.165) is 0 Å². The smallest absolute Gasteiger partial charge is 0.253 e. The van der Waals surface area contributed by atoms with E-state index < -0.39 is 0 Å². The second-order valence-electron chi connectivity index (χ2n) is 4.22. The maximum absolute atomic E-state index is 12.0. The number of hydrogen-bond acceptors (Lipinski definition) is 4. The van der Waals surface area contributed by atoms with Gasteiger partial charge in [-0.2, -0.15) is 0 Å². The van der Waals surface area contributed by atoms with Crippen molar-refractivity contribution in [3.8, 4) is 5.75 Å².